The Labute approximate surface area is 144 Å². The fourth-order valence-electron chi connectivity index (χ4n) is 2.28. The lowest BCUT2D eigenvalue weighted by Gasteiger charge is -2.08. The second-order valence-corrected chi connectivity index (χ2v) is 6.83. The van der Waals surface area contributed by atoms with E-state index in [0.717, 1.165) is 5.56 Å². The maximum absolute atomic E-state index is 12.2. The molecular weight excluding hydrogens is 348 g/mol. The monoisotopic (exact) mass is 364 g/mol. The second-order valence-electron chi connectivity index (χ2n) is 5.19. The molecule has 0 aliphatic carbocycles. The lowest BCUT2D eigenvalue weighted by atomic mass is 10.2. The average molecular weight is 364 g/mol. The molecule has 1 amide bonds. The van der Waals surface area contributed by atoms with Crippen LogP contribution in [0.5, 0.6) is 11.5 Å². The Morgan fingerprint density at radius 2 is 1.84 bits per heavy atom. The van der Waals surface area contributed by atoms with Gasteiger partial charge in [-0.2, -0.15) is 0 Å². The molecule has 0 saturated heterocycles. The topological polar surface area (TPSA) is 103 Å². The SMILES string of the molecule is CONS(=O)(=O)c1ccc(C(=O)NCc2ccc3c(c2)OCO3)cc1. The standard InChI is InChI=1S/C16H16N2O6S/c1-22-18-25(20,21)13-5-3-12(4-6-13)16(19)17-9-11-2-7-14-15(8-11)24-10-23-14/h2-8,18H,9-10H2,1H3,(H,17,19). The van der Waals surface area contributed by atoms with Crippen molar-refractivity contribution in [2.24, 2.45) is 0 Å². The Morgan fingerprint density at radius 3 is 2.56 bits per heavy atom. The minimum absolute atomic E-state index is 0.00155. The number of carbonyl (C=O) groups is 1. The van der Waals surface area contributed by atoms with E-state index in [1.165, 1.54) is 31.4 Å². The van der Waals surface area contributed by atoms with Gasteiger partial charge in [0.1, 0.15) is 0 Å². The van der Waals surface area contributed by atoms with E-state index < -0.39 is 10.0 Å². The molecule has 132 valence electrons. The van der Waals surface area contributed by atoms with Gasteiger partial charge in [0, 0.05) is 12.1 Å². The van der Waals surface area contributed by atoms with E-state index in [-0.39, 0.29) is 17.6 Å². The highest BCUT2D eigenvalue weighted by molar-refractivity contribution is 7.89. The van der Waals surface area contributed by atoms with E-state index in [1.807, 2.05) is 11.0 Å². The molecule has 2 N–H and O–H groups in total. The molecule has 1 aliphatic heterocycles. The quantitative estimate of drug-likeness (QED) is 0.747. The van der Waals surface area contributed by atoms with Gasteiger partial charge in [0.2, 0.25) is 6.79 Å². The van der Waals surface area contributed by atoms with Gasteiger partial charge in [-0.05, 0) is 42.0 Å². The summed E-state index contributed by atoms with van der Waals surface area (Å²) in [5, 5.41) is 2.76. The van der Waals surface area contributed by atoms with Crippen LogP contribution in [0.25, 0.3) is 0 Å². The number of benzene rings is 2. The van der Waals surface area contributed by atoms with Crippen molar-refractivity contribution in [3.63, 3.8) is 0 Å². The molecule has 2 aromatic rings. The summed E-state index contributed by atoms with van der Waals surface area (Å²) in [6.45, 7) is 0.499. The van der Waals surface area contributed by atoms with E-state index in [1.54, 1.807) is 12.1 Å². The molecule has 1 aliphatic rings. The zero-order valence-electron chi connectivity index (χ0n) is 13.3. The average Bonchev–Trinajstić information content (AvgIpc) is 3.07. The van der Waals surface area contributed by atoms with Gasteiger partial charge < -0.3 is 14.8 Å². The molecule has 8 nitrogen and oxygen atoms in total. The summed E-state index contributed by atoms with van der Waals surface area (Å²) in [6.07, 6.45) is 0. The lowest BCUT2D eigenvalue weighted by Crippen LogP contribution is -2.24. The van der Waals surface area contributed by atoms with Gasteiger partial charge >= 0.3 is 0 Å². The van der Waals surface area contributed by atoms with Crippen molar-refractivity contribution < 1.29 is 27.5 Å². The van der Waals surface area contributed by atoms with Crippen molar-refractivity contribution >= 4 is 15.9 Å². The number of ether oxygens (including phenoxy) is 2. The first-order chi connectivity index (χ1) is 12.0. The summed E-state index contributed by atoms with van der Waals surface area (Å²) in [5.41, 5.74) is 1.21. The molecule has 2 aromatic carbocycles. The highest BCUT2D eigenvalue weighted by Gasteiger charge is 2.15. The third-order valence-corrected chi connectivity index (χ3v) is 4.79. The van der Waals surface area contributed by atoms with Crippen molar-refractivity contribution in [2.45, 2.75) is 11.4 Å². The first-order valence-electron chi connectivity index (χ1n) is 7.31. The number of hydrogen-bond acceptors (Lipinski definition) is 6. The Bertz CT molecular complexity index is 880. The third-order valence-electron chi connectivity index (χ3n) is 3.51. The maximum Gasteiger partial charge on any atom is 0.262 e. The van der Waals surface area contributed by atoms with Crippen LogP contribution in [0.4, 0.5) is 0 Å². The molecule has 25 heavy (non-hydrogen) atoms. The molecule has 0 saturated carbocycles. The molecule has 0 bridgehead atoms. The first kappa shape index (κ1) is 17.2. The largest absolute Gasteiger partial charge is 0.454 e. The highest BCUT2D eigenvalue weighted by Crippen LogP contribution is 2.32. The number of fused-ring (bicyclic) bond motifs is 1. The van der Waals surface area contributed by atoms with Gasteiger partial charge in [-0.15, -0.1) is 0 Å². The second kappa shape index (κ2) is 7.09. The van der Waals surface area contributed by atoms with Gasteiger partial charge in [-0.3, -0.25) is 9.63 Å². The van der Waals surface area contributed by atoms with Crippen LogP contribution in [0.1, 0.15) is 15.9 Å². The minimum Gasteiger partial charge on any atom is -0.454 e. The molecule has 0 aromatic heterocycles. The van der Waals surface area contributed by atoms with Crippen LogP contribution in [0.2, 0.25) is 0 Å². The van der Waals surface area contributed by atoms with Crippen molar-refractivity contribution in [1.82, 2.24) is 10.2 Å². The summed E-state index contributed by atoms with van der Waals surface area (Å²) in [6, 6.07) is 10.9. The number of hydrogen-bond donors (Lipinski definition) is 2. The van der Waals surface area contributed by atoms with Crippen LogP contribution >= 0.6 is 0 Å². The molecular formula is C16H16N2O6S. The smallest absolute Gasteiger partial charge is 0.262 e. The summed E-state index contributed by atoms with van der Waals surface area (Å²) in [5.74, 6) is 1.00. The predicted octanol–water partition coefficient (Wildman–Crippen LogP) is 1.18. The Balaban J connectivity index is 1.63. The van der Waals surface area contributed by atoms with Gasteiger partial charge in [0.05, 0.1) is 12.0 Å². The van der Waals surface area contributed by atoms with Crippen LogP contribution in [0.3, 0.4) is 0 Å². The molecule has 3 rings (SSSR count). The van der Waals surface area contributed by atoms with E-state index in [4.69, 9.17) is 9.47 Å². The van der Waals surface area contributed by atoms with E-state index in [9.17, 15) is 13.2 Å². The summed E-state index contributed by atoms with van der Waals surface area (Å²) in [4.78, 5) is 18.5. The first-order valence-corrected chi connectivity index (χ1v) is 8.79. The van der Waals surface area contributed by atoms with Crippen molar-refractivity contribution in [2.75, 3.05) is 13.9 Å². The Kier molecular flexibility index (Phi) is 4.88. The summed E-state index contributed by atoms with van der Waals surface area (Å²) in [7, 11) is -2.54. The molecule has 0 spiro atoms. The predicted molar refractivity (Wildman–Crippen MR) is 87.5 cm³/mol. The maximum atomic E-state index is 12.2. The summed E-state index contributed by atoms with van der Waals surface area (Å²) >= 11 is 0. The lowest BCUT2D eigenvalue weighted by molar-refractivity contribution is 0.0950. The fourth-order valence-corrected chi connectivity index (χ4v) is 3.09. The van der Waals surface area contributed by atoms with Gasteiger partial charge in [0.15, 0.2) is 11.5 Å². The molecule has 0 unspecified atom stereocenters. The zero-order valence-corrected chi connectivity index (χ0v) is 14.1. The van der Waals surface area contributed by atoms with Gasteiger partial charge in [0.25, 0.3) is 15.9 Å². The number of carbonyl (C=O) groups excluding carboxylic acids is 1. The normalized spacial score (nSPS) is 12.8. The Hall–Kier alpha value is -2.62. The van der Waals surface area contributed by atoms with E-state index in [0.29, 0.717) is 23.6 Å². The molecule has 0 atom stereocenters. The number of amides is 1. The highest BCUT2D eigenvalue weighted by atomic mass is 32.2. The fraction of sp³-hybridized carbons (Fsp3) is 0.188. The molecule has 0 radical (unpaired) electrons. The van der Waals surface area contributed by atoms with Crippen molar-refractivity contribution in [3.8, 4) is 11.5 Å². The van der Waals surface area contributed by atoms with E-state index in [2.05, 4.69) is 10.2 Å². The van der Waals surface area contributed by atoms with Gasteiger partial charge in [-0.1, -0.05) is 11.0 Å². The van der Waals surface area contributed by atoms with Crippen LogP contribution in [-0.4, -0.2) is 28.2 Å². The molecule has 9 heteroatoms. The Morgan fingerprint density at radius 1 is 1.12 bits per heavy atom. The number of sulfonamides is 1. The molecule has 1 heterocycles. The zero-order chi connectivity index (χ0) is 17.9. The van der Waals surface area contributed by atoms with Gasteiger partial charge in [-0.25, -0.2) is 8.42 Å². The van der Waals surface area contributed by atoms with Crippen LogP contribution in [0.15, 0.2) is 47.4 Å². The summed E-state index contributed by atoms with van der Waals surface area (Å²) < 4.78 is 34.0. The van der Waals surface area contributed by atoms with Crippen molar-refractivity contribution in [1.29, 1.82) is 0 Å². The minimum atomic E-state index is -3.74. The van der Waals surface area contributed by atoms with Crippen LogP contribution < -0.4 is 19.7 Å². The van der Waals surface area contributed by atoms with E-state index >= 15 is 0 Å². The van der Waals surface area contributed by atoms with Crippen LogP contribution in [0, 0.1) is 0 Å². The van der Waals surface area contributed by atoms with Crippen LogP contribution in [-0.2, 0) is 21.4 Å². The number of nitrogens with one attached hydrogen (secondary N) is 2. The third kappa shape index (κ3) is 3.90. The number of rotatable bonds is 6. The van der Waals surface area contributed by atoms with Crippen molar-refractivity contribution in [3.05, 3.63) is 53.6 Å². The molecule has 0 fully saturated rings.